The number of rotatable bonds is 5. The van der Waals surface area contributed by atoms with Crippen LogP contribution in [0.3, 0.4) is 0 Å². The smallest absolute Gasteiger partial charge is 0.465 e. The van der Waals surface area contributed by atoms with Gasteiger partial charge in [0.25, 0.3) is 0 Å². The summed E-state index contributed by atoms with van der Waals surface area (Å²) in [6, 6.07) is 3.06. The summed E-state index contributed by atoms with van der Waals surface area (Å²) in [5.41, 5.74) is -5.86. The molecule has 1 heterocycles. The van der Waals surface area contributed by atoms with Gasteiger partial charge in [0.15, 0.2) is 0 Å². The largest absolute Gasteiger partial charge is 0.534 e. The molecule has 0 fully saturated rings. The number of halogens is 3. The molecule has 2 aromatic rings. The highest BCUT2D eigenvalue weighted by Gasteiger charge is 2.48. The number of ether oxygens (including phenoxy) is 2. The molecule has 27 heavy (non-hydrogen) atoms. The van der Waals surface area contributed by atoms with Crippen LogP contribution >= 0.6 is 0 Å². The Kier molecular flexibility index (Phi) is 5.40. The monoisotopic (exact) mass is 409 g/mol. The summed E-state index contributed by atoms with van der Waals surface area (Å²) < 4.78 is 74.6. The molecule has 1 aromatic carbocycles. The van der Waals surface area contributed by atoms with Crippen LogP contribution in [0.25, 0.3) is 10.9 Å². The molecule has 0 aliphatic rings. The van der Waals surface area contributed by atoms with Crippen LogP contribution in [0, 0.1) is 0 Å². The fourth-order valence-corrected chi connectivity index (χ4v) is 2.95. The summed E-state index contributed by atoms with van der Waals surface area (Å²) >= 11 is 0. The van der Waals surface area contributed by atoms with Gasteiger partial charge in [0, 0.05) is 18.0 Å². The minimum Gasteiger partial charge on any atom is -0.465 e. The van der Waals surface area contributed by atoms with Gasteiger partial charge in [0.1, 0.15) is 17.0 Å². The maximum atomic E-state index is 12.5. The zero-order chi connectivity index (χ0) is 20.6. The van der Waals surface area contributed by atoms with Gasteiger partial charge in [-0.15, -0.1) is 0 Å². The van der Waals surface area contributed by atoms with Crippen molar-refractivity contribution >= 4 is 33.0 Å². The first-order valence-corrected chi connectivity index (χ1v) is 8.73. The van der Waals surface area contributed by atoms with Gasteiger partial charge < -0.3 is 18.2 Å². The minimum absolute atomic E-state index is 0.0909. The second-order valence-corrected chi connectivity index (χ2v) is 6.65. The van der Waals surface area contributed by atoms with Crippen LogP contribution in [0.15, 0.2) is 18.2 Å². The molecule has 0 spiro atoms. The number of methoxy groups -OCH3 is 2. The number of hydrogen-bond acceptors (Lipinski definition) is 7. The van der Waals surface area contributed by atoms with Crippen LogP contribution in [0.2, 0.25) is 0 Å². The van der Waals surface area contributed by atoms with Gasteiger partial charge in [-0.25, -0.2) is 9.59 Å². The van der Waals surface area contributed by atoms with Crippen molar-refractivity contribution in [1.82, 2.24) is 4.57 Å². The first kappa shape index (κ1) is 20.6. The minimum atomic E-state index is -5.88. The molecule has 0 aliphatic heterocycles. The van der Waals surface area contributed by atoms with Gasteiger partial charge in [-0.2, -0.15) is 21.6 Å². The van der Waals surface area contributed by atoms with E-state index in [9.17, 15) is 31.2 Å². The Morgan fingerprint density at radius 1 is 1.11 bits per heavy atom. The lowest BCUT2D eigenvalue weighted by Gasteiger charge is -2.10. The average Bonchev–Trinajstić information content (AvgIpc) is 2.92. The summed E-state index contributed by atoms with van der Waals surface area (Å²) in [7, 11) is -3.70. The van der Waals surface area contributed by atoms with Crippen LogP contribution in [-0.2, 0) is 26.1 Å². The Labute approximate surface area is 151 Å². The van der Waals surface area contributed by atoms with Crippen molar-refractivity contribution in [3.05, 3.63) is 29.5 Å². The van der Waals surface area contributed by atoms with Gasteiger partial charge in [-0.05, 0) is 19.1 Å². The van der Waals surface area contributed by atoms with Gasteiger partial charge in [-0.1, -0.05) is 0 Å². The summed E-state index contributed by atoms with van der Waals surface area (Å²) in [6.07, 6.45) is 0. The molecule has 0 saturated heterocycles. The number of benzene rings is 1. The summed E-state index contributed by atoms with van der Waals surface area (Å²) in [5, 5.41) is 0.154. The summed E-state index contributed by atoms with van der Waals surface area (Å²) in [5.74, 6) is -2.39. The number of nitrogens with zero attached hydrogens (tertiary/aromatic N) is 1. The number of aromatic nitrogens is 1. The normalized spacial score (nSPS) is 12.1. The van der Waals surface area contributed by atoms with E-state index in [2.05, 4.69) is 13.7 Å². The Morgan fingerprint density at radius 3 is 2.19 bits per heavy atom. The second kappa shape index (κ2) is 7.10. The third kappa shape index (κ3) is 3.56. The summed E-state index contributed by atoms with van der Waals surface area (Å²) in [6.45, 7) is 1.72. The zero-order valence-electron chi connectivity index (χ0n) is 14.3. The van der Waals surface area contributed by atoms with E-state index in [1.165, 1.54) is 4.57 Å². The number of fused-ring (bicyclic) bond motifs is 1. The molecule has 0 amide bonds. The Balaban J connectivity index is 2.75. The van der Waals surface area contributed by atoms with Crippen molar-refractivity contribution in [3.63, 3.8) is 0 Å². The van der Waals surface area contributed by atoms with Crippen LogP contribution in [0.1, 0.15) is 27.8 Å². The molecule has 2 rings (SSSR count). The van der Waals surface area contributed by atoms with Gasteiger partial charge in [-0.3, -0.25) is 0 Å². The highest BCUT2D eigenvalue weighted by Crippen LogP contribution is 2.33. The van der Waals surface area contributed by atoms with Crippen molar-refractivity contribution < 1.29 is 44.8 Å². The van der Waals surface area contributed by atoms with E-state index in [1.54, 1.807) is 6.92 Å². The second-order valence-electron chi connectivity index (χ2n) is 5.11. The lowest BCUT2D eigenvalue weighted by atomic mass is 10.1. The first-order chi connectivity index (χ1) is 12.5. The molecule has 0 bridgehead atoms. The molecular formula is C15H14F3NO7S. The fraction of sp³-hybridized carbons (Fsp3) is 0.333. The molecule has 0 N–H and O–H groups in total. The Bertz CT molecular complexity index is 1010. The van der Waals surface area contributed by atoms with Crippen LogP contribution in [0.5, 0.6) is 5.75 Å². The number of aryl methyl sites for hydroxylation is 1. The van der Waals surface area contributed by atoms with Crippen molar-refractivity contribution in [2.75, 3.05) is 14.2 Å². The lowest BCUT2D eigenvalue weighted by molar-refractivity contribution is -0.0500. The SMILES string of the molecule is CCn1c(C(=O)OC)c(C(=O)OC)c2ccc(OS(=O)(=O)C(F)(F)F)cc21. The topological polar surface area (TPSA) is 101 Å². The van der Waals surface area contributed by atoms with E-state index in [-0.39, 0.29) is 28.7 Å². The molecule has 8 nitrogen and oxygen atoms in total. The van der Waals surface area contributed by atoms with Crippen molar-refractivity contribution in [1.29, 1.82) is 0 Å². The lowest BCUT2D eigenvalue weighted by Crippen LogP contribution is -2.28. The molecule has 0 saturated carbocycles. The standard InChI is InChI=1S/C15H14F3NO7S/c1-4-19-10-7-8(26-27(22,23)15(16,17)18)5-6-9(10)11(13(20)24-2)12(19)14(21)25-3/h5-7H,4H2,1-3H3. The maximum Gasteiger partial charge on any atom is 0.534 e. The molecule has 0 radical (unpaired) electrons. The first-order valence-electron chi connectivity index (χ1n) is 7.32. The predicted molar refractivity (Wildman–Crippen MR) is 85.9 cm³/mol. The van der Waals surface area contributed by atoms with Crippen LogP contribution in [0.4, 0.5) is 13.2 Å². The van der Waals surface area contributed by atoms with E-state index in [0.717, 1.165) is 32.4 Å². The van der Waals surface area contributed by atoms with E-state index < -0.39 is 33.3 Å². The van der Waals surface area contributed by atoms with Crippen LogP contribution in [-0.4, -0.2) is 44.7 Å². The molecule has 12 heteroatoms. The molecule has 1 aromatic heterocycles. The van der Waals surface area contributed by atoms with Crippen molar-refractivity contribution in [2.24, 2.45) is 0 Å². The van der Waals surface area contributed by atoms with Gasteiger partial charge in [0.05, 0.1) is 19.7 Å². The molecule has 0 atom stereocenters. The number of carbonyl (C=O) groups excluding carboxylic acids is 2. The van der Waals surface area contributed by atoms with E-state index in [0.29, 0.717) is 0 Å². The maximum absolute atomic E-state index is 12.5. The number of esters is 2. The van der Waals surface area contributed by atoms with Crippen molar-refractivity contribution in [3.8, 4) is 5.75 Å². The zero-order valence-corrected chi connectivity index (χ0v) is 15.1. The number of hydrogen-bond donors (Lipinski definition) is 0. The average molecular weight is 409 g/mol. The van der Waals surface area contributed by atoms with E-state index >= 15 is 0 Å². The highest BCUT2D eigenvalue weighted by atomic mass is 32.2. The van der Waals surface area contributed by atoms with Gasteiger partial charge >= 0.3 is 27.6 Å². The fourth-order valence-electron chi connectivity index (χ4n) is 2.50. The molecule has 148 valence electrons. The third-order valence-corrected chi connectivity index (χ3v) is 4.59. The Hall–Kier alpha value is -2.76. The predicted octanol–water partition coefficient (Wildman–Crippen LogP) is 2.46. The summed E-state index contributed by atoms with van der Waals surface area (Å²) in [4.78, 5) is 24.2. The van der Waals surface area contributed by atoms with Gasteiger partial charge in [0.2, 0.25) is 0 Å². The van der Waals surface area contributed by atoms with E-state index in [1.807, 2.05) is 0 Å². The molecule has 0 aliphatic carbocycles. The Morgan fingerprint density at radius 2 is 1.70 bits per heavy atom. The number of alkyl halides is 3. The quantitative estimate of drug-likeness (QED) is 0.425. The number of carbonyl (C=O) groups is 2. The van der Waals surface area contributed by atoms with Crippen molar-refractivity contribution in [2.45, 2.75) is 19.0 Å². The van der Waals surface area contributed by atoms with E-state index in [4.69, 9.17) is 0 Å². The highest BCUT2D eigenvalue weighted by molar-refractivity contribution is 7.88. The molecular weight excluding hydrogens is 395 g/mol. The van der Waals surface area contributed by atoms with Crippen LogP contribution < -0.4 is 4.18 Å². The molecule has 0 unspecified atom stereocenters. The third-order valence-electron chi connectivity index (χ3n) is 3.61.